The fourth-order valence-electron chi connectivity index (χ4n) is 0.961. The Labute approximate surface area is 119 Å². The molecule has 0 aliphatic carbocycles. The summed E-state index contributed by atoms with van der Waals surface area (Å²) in [5.74, 6) is 10.7. The van der Waals surface area contributed by atoms with Gasteiger partial charge in [0, 0.05) is 26.7 Å². The number of hydrogen-bond donors (Lipinski definition) is 0. The zero-order valence-corrected chi connectivity index (χ0v) is 11.8. The summed E-state index contributed by atoms with van der Waals surface area (Å²) in [6.07, 6.45) is 7.93. The molecule has 0 aliphatic heterocycles. The van der Waals surface area contributed by atoms with Gasteiger partial charge >= 0.3 is 11.9 Å². The summed E-state index contributed by atoms with van der Waals surface area (Å²) in [6, 6.07) is 0. The van der Waals surface area contributed by atoms with Gasteiger partial charge in [0.15, 0.2) is 0 Å². The minimum atomic E-state index is -0.294. The van der Waals surface area contributed by atoms with Gasteiger partial charge in [-0.2, -0.15) is 0 Å². The molecule has 4 heteroatoms. The molecule has 0 radical (unpaired) electrons. The number of carbonyl (C=O) groups is 2. The summed E-state index contributed by atoms with van der Waals surface area (Å²) in [5.41, 5.74) is 0. The van der Waals surface area contributed by atoms with Gasteiger partial charge in [-0.1, -0.05) is 35.8 Å². The fraction of sp³-hybridized carbons (Fsp3) is 0.375. The third-order valence-electron chi connectivity index (χ3n) is 1.74. The predicted octanol–water partition coefficient (Wildman–Crippen LogP) is 2.01. The van der Waals surface area contributed by atoms with Gasteiger partial charge in [-0.3, -0.25) is 9.59 Å². The maximum atomic E-state index is 10.4. The molecule has 0 rings (SSSR count). The molecule has 20 heavy (non-hydrogen) atoms. The van der Waals surface area contributed by atoms with E-state index < -0.39 is 0 Å². The molecule has 0 spiro atoms. The number of allylic oxidation sites excluding steroid dienone is 4. The molecule has 0 aliphatic rings. The van der Waals surface area contributed by atoms with Crippen LogP contribution in [0, 0.1) is 23.7 Å². The number of esters is 2. The highest BCUT2D eigenvalue weighted by molar-refractivity contribution is 5.66. The van der Waals surface area contributed by atoms with Crippen LogP contribution < -0.4 is 0 Å². The van der Waals surface area contributed by atoms with Crippen LogP contribution in [0.1, 0.15) is 26.7 Å². The lowest BCUT2D eigenvalue weighted by Gasteiger charge is -1.94. The van der Waals surface area contributed by atoms with Gasteiger partial charge in [-0.05, 0) is 12.2 Å². The van der Waals surface area contributed by atoms with E-state index in [2.05, 4.69) is 23.7 Å². The monoisotopic (exact) mass is 274 g/mol. The third kappa shape index (κ3) is 15.5. The van der Waals surface area contributed by atoms with Gasteiger partial charge in [-0.15, -0.1) is 0 Å². The first-order valence-corrected chi connectivity index (χ1v) is 6.18. The highest BCUT2D eigenvalue weighted by atomic mass is 16.5. The number of hydrogen-bond acceptors (Lipinski definition) is 4. The molecule has 0 saturated heterocycles. The molecular weight excluding hydrogens is 256 g/mol. The Morgan fingerprint density at radius 2 is 1.25 bits per heavy atom. The lowest BCUT2D eigenvalue weighted by Crippen LogP contribution is -1.98. The van der Waals surface area contributed by atoms with Crippen molar-refractivity contribution in [2.75, 3.05) is 13.2 Å². The lowest BCUT2D eigenvalue weighted by atomic mass is 10.4. The first-order valence-electron chi connectivity index (χ1n) is 6.18. The molecule has 0 aromatic rings. The highest BCUT2D eigenvalue weighted by Crippen LogP contribution is 1.83. The van der Waals surface area contributed by atoms with E-state index in [-0.39, 0.29) is 11.9 Å². The van der Waals surface area contributed by atoms with Crippen molar-refractivity contribution < 1.29 is 19.1 Å². The Bertz CT molecular complexity index is 432. The van der Waals surface area contributed by atoms with Gasteiger partial charge in [0.05, 0.1) is 0 Å². The van der Waals surface area contributed by atoms with E-state index in [9.17, 15) is 9.59 Å². The topological polar surface area (TPSA) is 52.6 Å². The van der Waals surface area contributed by atoms with Gasteiger partial charge in [-0.25, -0.2) is 0 Å². The summed E-state index contributed by atoms with van der Waals surface area (Å²) in [7, 11) is 0. The van der Waals surface area contributed by atoms with E-state index in [0.29, 0.717) is 26.1 Å². The van der Waals surface area contributed by atoms with Crippen LogP contribution in [0.15, 0.2) is 24.3 Å². The highest BCUT2D eigenvalue weighted by Gasteiger charge is 1.88. The molecule has 0 saturated carbocycles. The van der Waals surface area contributed by atoms with Crippen LogP contribution in [-0.2, 0) is 19.1 Å². The van der Waals surface area contributed by atoms with Crippen LogP contribution in [0.4, 0.5) is 0 Å². The number of ether oxygens (including phenoxy) is 2. The number of rotatable bonds is 5. The van der Waals surface area contributed by atoms with Crippen LogP contribution in [0.3, 0.4) is 0 Å². The van der Waals surface area contributed by atoms with E-state index in [4.69, 9.17) is 9.47 Å². The Morgan fingerprint density at radius 1 is 0.850 bits per heavy atom. The fourth-order valence-corrected chi connectivity index (χ4v) is 0.961. The second kappa shape index (κ2) is 13.0. The van der Waals surface area contributed by atoms with Crippen LogP contribution in [0.5, 0.6) is 0 Å². The van der Waals surface area contributed by atoms with Crippen molar-refractivity contribution >= 4 is 11.9 Å². The summed E-state index contributed by atoms with van der Waals surface area (Å²) in [4.78, 5) is 20.9. The minimum absolute atomic E-state index is 0.294. The average molecular weight is 274 g/mol. The standard InChI is InChI=1S/C16H18O4/c1-15(17)19-13-11-9-7-5-3-4-6-8-10-12-14-20-16(2)18/h3-6H,11-14H2,1-2H3/b5-3+,6-4+. The quantitative estimate of drug-likeness (QED) is 0.333. The van der Waals surface area contributed by atoms with Crippen LogP contribution >= 0.6 is 0 Å². The third-order valence-corrected chi connectivity index (χ3v) is 1.74. The van der Waals surface area contributed by atoms with Crippen molar-refractivity contribution in [1.29, 1.82) is 0 Å². The van der Waals surface area contributed by atoms with Crippen LogP contribution in [0.2, 0.25) is 0 Å². The molecule has 0 atom stereocenters. The first-order chi connectivity index (χ1) is 9.63. The molecule has 106 valence electrons. The van der Waals surface area contributed by atoms with E-state index >= 15 is 0 Å². The zero-order valence-electron chi connectivity index (χ0n) is 11.8. The van der Waals surface area contributed by atoms with E-state index in [1.807, 2.05) is 0 Å². The Morgan fingerprint density at radius 3 is 1.60 bits per heavy atom. The van der Waals surface area contributed by atoms with Crippen molar-refractivity contribution in [3.05, 3.63) is 24.3 Å². The van der Waals surface area contributed by atoms with Crippen molar-refractivity contribution in [2.24, 2.45) is 0 Å². The van der Waals surface area contributed by atoms with Gasteiger partial charge < -0.3 is 9.47 Å². The Kier molecular flexibility index (Phi) is 11.4. The molecular formula is C16H18O4. The first kappa shape index (κ1) is 17.5. The Hall–Kier alpha value is -2.46. The summed E-state index contributed by atoms with van der Waals surface area (Å²) < 4.78 is 9.44. The maximum absolute atomic E-state index is 10.4. The number of carbonyl (C=O) groups excluding carboxylic acids is 2. The molecule has 0 unspecified atom stereocenters. The predicted molar refractivity (Wildman–Crippen MR) is 76.3 cm³/mol. The normalized spacial score (nSPS) is 9.50. The second-order valence-electron chi connectivity index (χ2n) is 3.54. The van der Waals surface area contributed by atoms with E-state index in [0.717, 1.165) is 0 Å². The van der Waals surface area contributed by atoms with Crippen molar-refractivity contribution in [3.8, 4) is 23.7 Å². The molecule has 4 nitrogen and oxygen atoms in total. The summed E-state index contributed by atoms with van der Waals surface area (Å²) >= 11 is 0. The lowest BCUT2D eigenvalue weighted by molar-refractivity contribution is -0.141. The molecule has 0 amide bonds. The second-order valence-corrected chi connectivity index (χ2v) is 3.54. The molecule has 0 aromatic carbocycles. The average Bonchev–Trinajstić information content (AvgIpc) is 2.38. The zero-order chi connectivity index (χ0) is 15.1. The minimum Gasteiger partial charge on any atom is -0.465 e. The van der Waals surface area contributed by atoms with Crippen LogP contribution in [0.25, 0.3) is 0 Å². The van der Waals surface area contributed by atoms with E-state index in [1.165, 1.54) is 13.8 Å². The summed E-state index contributed by atoms with van der Waals surface area (Å²) in [6.45, 7) is 3.37. The molecule has 0 aromatic heterocycles. The SMILES string of the molecule is CC(=O)OCCC#C/C=C/C=C/C#CCCOC(C)=O. The Balaban J connectivity index is 3.66. The van der Waals surface area contributed by atoms with Gasteiger partial charge in [0.2, 0.25) is 0 Å². The molecule has 0 heterocycles. The van der Waals surface area contributed by atoms with Crippen molar-refractivity contribution in [2.45, 2.75) is 26.7 Å². The van der Waals surface area contributed by atoms with Crippen molar-refractivity contribution in [3.63, 3.8) is 0 Å². The largest absolute Gasteiger partial charge is 0.465 e. The maximum Gasteiger partial charge on any atom is 0.302 e. The smallest absolute Gasteiger partial charge is 0.302 e. The molecule has 0 bridgehead atoms. The van der Waals surface area contributed by atoms with Crippen molar-refractivity contribution in [1.82, 2.24) is 0 Å². The van der Waals surface area contributed by atoms with Gasteiger partial charge in [0.25, 0.3) is 0 Å². The molecule has 0 fully saturated rings. The summed E-state index contributed by atoms with van der Waals surface area (Å²) in [5, 5.41) is 0. The van der Waals surface area contributed by atoms with E-state index in [1.54, 1.807) is 24.3 Å². The molecule has 0 N–H and O–H groups in total. The van der Waals surface area contributed by atoms with Gasteiger partial charge in [0.1, 0.15) is 13.2 Å². The van der Waals surface area contributed by atoms with Crippen LogP contribution in [-0.4, -0.2) is 25.2 Å².